The third-order valence-corrected chi connectivity index (χ3v) is 12.8. The van der Waals surface area contributed by atoms with Gasteiger partial charge < -0.3 is 5.73 Å². The predicted octanol–water partition coefficient (Wildman–Crippen LogP) is 7.63. The van der Waals surface area contributed by atoms with Crippen LogP contribution in [0.3, 0.4) is 0 Å². The molecule has 9 rings (SSSR count). The molecule has 3 aliphatic carbocycles. The summed E-state index contributed by atoms with van der Waals surface area (Å²) in [5.41, 5.74) is 3.91. The molecule has 2 fully saturated rings. The largest absolute Gasteiger partial charge is 0.368 e. The van der Waals surface area contributed by atoms with Crippen molar-refractivity contribution in [3.63, 3.8) is 0 Å². The molecule has 6 aromatic rings. The second-order valence-corrected chi connectivity index (χ2v) is 18.1. The maximum Gasteiger partial charge on any atom is 0.293 e. The van der Waals surface area contributed by atoms with Gasteiger partial charge in [0.05, 0.1) is 44.7 Å². The van der Waals surface area contributed by atoms with Crippen molar-refractivity contribution >= 4 is 55.2 Å². The molecule has 1 amide bonds. The minimum atomic E-state index is -3.93. The van der Waals surface area contributed by atoms with E-state index in [1.165, 1.54) is 23.9 Å². The van der Waals surface area contributed by atoms with Crippen LogP contribution in [0.5, 0.6) is 0 Å². The lowest BCUT2D eigenvalue weighted by Crippen LogP contribution is -2.39. The number of hydrogen-bond donors (Lipinski definition) is 2. The van der Waals surface area contributed by atoms with Crippen LogP contribution < -0.4 is 16.0 Å². The molecule has 0 spiro atoms. The Morgan fingerprint density at radius 2 is 1.75 bits per heavy atom. The number of anilines is 1. The molecule has 20 heteroatoms. The molecule has 60 heavy (non-hydrogen) atoms. The Hall–Kier alpha value is -5.43. The summed E-state index contributed by atoms with van der Waals surface area (Å²) in [4.78, 5) is 34.1. The highest BCUT2D eigenvalue weighted by atomic mass is 35.5. The number of hydrogen-bond acceptors (Lipinski definition) is 7. The van der Waals surface area contributed by atoms with Crippen LogP contribution in [0.25, 0.3) is 27.5 Å². The standard InChI is InChI=1S/C40H35ClF6N8O4S/c1-53-33-28(10-9-26(41)30(33)37(51-53)52-60(2,58)59)54-38(49-27-14-19(18-5-3-4-6-18)7-8-22(27)39(54)57)24(13-17-11-20(42)15-21(43)12-17)32(36(48)56)55-34-29(31(50-55)35(44)45)23-16-25(23)40(34,46)47/h7-12,14-15,18,23-25,32,35H,3-6,13,16H2,1-2H3,(H2,48,56)(H,51,52)/t23-,24-,25+,32?/m0/s1. The van der Waals surface area contributed by atoms with E-state index in [-0.39, 0.29) is 62.1 Å². The molecule has 2 saturated carbocycles. The Kier molecular flexibility index (Phi) is 9.38. The molecule has 0 saturated heterocycles. The summed E-state index contributed by atoms with van der Waals surface area (Å²) in [5, 5.41) is 8.36. The minimum Gasteiger partial charge on any atom is -0.368 e. The maximum absolute atomic E-state index is 16.2. The summed E-state index contributed by atoms with van der Waals surface area (Å²) in [6.45, 7) is 0. The fourth-order valence-electron chi connectivity index (χ4n) is 9.43. The van der Waals surface area contributed by atoms with Crippen LogP contribution in [-0.2, 0) is 34.2 Å². The average molecular weight is 873 g/mol. The smallest absolute Gasteiger partial charge is 0.293 e. The number of benzene rings is 3. The summed E-state index contributed by atoms with van der Waals surface area (Å²) in [6.07, 6.45) is 0.564. The number of aromatic nitrogens is 6. The number of carbonyl (C=O) groups is 1. The summed E-state index contributed by atoms with van der Waals surface area (Å²) in [5.74, 6) is -11.6. The van der Waals surface area contributed by atoms with E-state index in [0.717, 1.165) is 54.2 Å². The number of nitrogens with zero attached hydrogens (tertiary/aromatic N) is 6. The number of sulfonamides is 1. The zero-order valence-electron chi connectivity index (χ0n) is 31.8. The molecule has 12 nitrogen and oxygen atoms in total. The van der Waals surface area contributed by atoms with Crippen LogP contribution in [0.1, 0.15) is 96.2 Å². The van der Waals surface area contributed by atoms with E-state index < -0.39 is 92.6 Å². The van der Waals surface area contributed by atoms with Crippen LogP contribution >= 0.6 is 11.6 Å². The molecule has 4 atom stereocenters. The number of alkyl halides is 4. The van der Waals surface area contributed by atoms with Crippen LogP contribution in [-0.4, -0.2) is 49.7 Å². The predicted molar refractivity (Wildman–Crippen MR) is 209 cm³/mol. The summed E-state index contributed by atoms with van der Waals surface area (Å²) in [7, 11) is -2.50. The first-order valence-electron chi connectivity index (χ1n) is 19.1. The number of nitrogens with two attached hydrogens (primary N) is 1. The highest BCUT2D eigenvalue weighted by Gasteiger charge is 2.67. The lowest BCUT2D eigenvalue weighted by Gasteiger charge is -2.30. The first-order chi connectivity index (χ1) is 28.3. The number of amides is 1. The number of nitrogens with one attached hydrogen (secondary N) is 1. The van der Waals surface area contributed by atoms with Crippen LogP contribution in [0.15, 0.2) is 53.3 Å². The Labute approximate surface area is 342 Å². The lowest BCUT2D eigenvalue weighted by atomic mass is 9.89. The van der Waals surface area contributed by atoms with Crippen molar-refractivity contribution < 1.29 is 39.6 Å². The number of rotatable bonds is 11. The van der Waals surface area contributed by atoms with Crippen molar-refractivity contribution in [1.29, 1.82) is 0 Å². The van der Waals surface area contributed by atoms with E-state index >= 15 is 13.6 Å². The van der Waals surface area contributed by atoms with Gasteiger partial charge >= 0.3 is 0 Å². The van der Waals surface area contributed by atoms with Gasteiger partial charge in [-0.3, -0.25) is 23.6 Å². The van der Waals surface area contributed by atoms with Gasteiger partial charge in [-0.15, -0.1) is 0 Å². The van der Waals surface area contributed by atoms with Crippen LogP contribution in [0, 0.1) is 17.6 Å². The maximum atomic E-state index is 16.2. The normalized spacial score (nSPS) is 19.6. The van der Waals surface area contributed by atoms with E-state index in [9.17, 15) is 30.8 Å². The van der Waals surface area contributed by atoms with Gasteiger partial charge in [-0.05, 0) is 85.0 Å². The minimum absolute atomic E-state index is 0.00628. The Bertz CT molecular complexity index is 2940. The third kappa shape index (κ3) is 6.51. The fraction of sp³-hybridized carbons (Fsp3) is 0.375. The first-order valence-corrected chi connectivity index (χ1v) is 21.3. The van der Waals surface area contributed by atoms with Gasteiger partial charge in [0.15, 0.2) is 5.82 Å². The number of aryl methyl sites for hydroxylation is 1. The number of primary amides is 1. The van der Waals surface area contributed by atoms with Gasteiger partial charge in [-0.25, -0.2) is 35.6 Å². The third-order valence-electron chi connectivity index (χ3n) is 12.0. The van der Waals surface area contributed by atoms with Crippen molar-refractivity contribution in [2.24, 2.45) is 18.7 Å². The van der Waals surface area contributed by atoms with Crippen molar-refractivity contribution in [3.8, 4) is 5.69 Å². The molecule has 3 aromatic heterocycles. The van der Waals surface area contributed by atoms with Crippen molar-refractivity contribution in [2.75, 3.05) is 11.0 Å². The molecule has 1 unspecified atom stereocenters. The van der Waals surface area contributed by atoms with Gasteiger partial charge in [0, 0.05) is 24.6 Å². The van der Waals surface area contributed by atoms with Gasteiger partial charge in [0.25, 0.3) is 17.9 Å². The number of carbonyl (C=O) groups excluding carboxylic acids is 1. The highest BCUT2D eigenvalue weighted by molar-refractivity contribution is 7.92. The SMILES string of the molecule is Cn1nc(NS(C)(=O)=O)c2c(Cl)ccc(-n3c([C@@H](Cc4cc(F)cc(F)c4)C(C(N)=O)n4nc(C(F)F)c5c4C(F)(F)[C@@H]4C[C@H]54)nc4cc(C5CCCC5)ccc4c3=O)c21. The summed E-state index contributed by atoms with van der Waals surface area (Å²) >= 11 is 6.65. The second kappa shape index (κ2) is 14.1. The zero-order valence-corrected chi connectivity index (χ0v) is 33.3. The van der Waals surface area contributed by atoms with Gasteiger partial charge in [-0.1, -0.05) is 30.5 Å². The van der Waals surface area contributed by atoms with Crippen molar-refractivity contribution in [2.45, 2.75) is 74.7 Å². The number of halogens is 7. The molecule has 0 aliphatic heterocycles. The first kappa shape index (κ1) is 40.0. The van der Waals surface area contributed by atoms with Crippen molar-refractivity contribution in [1.82, 2.24) is 29.1 Å². The Morgan fingerprint density at radius 3 is 2.40 bits per heavy atom. The molecule has 3 heterocycles. The summed E-state index contributed by atoms with van der Waals surface area (Å²) < 4.78 is 121. The molecule has 314 valence electrons. The molecule has 0 radical (unpaired) electrons. The quantitative estimate of drug-likeness (QED) is 0.127. The van der Waals surface area contributed by atoms with E-state index in [1.807, 2.05) is 0 Å². The Balaban J connectivity index is 1.39. The molecule has 3 N–H and O–H groups in total. The summed E-state index contributed by atoms with van der Waals surface area (Å²) in [6, 6.07) is 8.18. The molecule has 0 bridgehead atoms. The monoisotopic (exact) mass is 872 g/mol. The Morgan fingerprint density at radius 1 is 1.05 bits per heavy atom. The molecular formula is C40H35ClF6N8O4S. The lowest BCUT2D eigenvalue weighted by molar-refractivity contribution is -0.122. The fourth-order valence-corrected chi connectivity index (χ4v) is 10.2. The van der Waals surface area contributed by atoms with Crippen LogP contribution in [0.4, 0.5) is 32.2 Å². The zero-order chi connectivity index (χ0) is 42.7. The molecular weight excluding hydrogens is 838 g/mol. The molecule has 3 aromatic carbocycles. The highest BCUT2D eigenvalue weighted by Crippen LogP contribution is 2.68. The topological polar surface area (TPSA) is 160 Å². The molecule has 3 aliphatic rings. The second-order valence-electron chi connectivity index (χ2n) is 15.9. The van der Waals surface area contributed by atoms with Gasteiger partial charge in [-0.2, -0.15) is 19.0 Å². The van der Waals surface area contributed by atoms with E-state index in [4.69, 9.17) is 22.3 Å². The van der Waals surface area contributed by atoms with E-state index in [0.29, 0.717) is 10.7 Å². The van der Waals surface area contributed by atoms with Gasteiger partial charge in [0.1, 0.15) is 34.9 Å². The van der Waals surface area contributed by atoms with Gasteiger partial charge in [0.2, 0.25) is 15.9 Å². The van der Waals surface area contributed by atoms with E-state index in [1.54, 1.807) is 18.2 Å². The average Bonchev–Trinajstić information content (AvgIpc) is 3.41. The number of fused-ring (bicyclic) bond motifs is 5. The van der Waals surface area contributed by atoms with E-state index in [2.05, 4.69) is 14.9 Å². The van der Waals surface area contributed by atoms with Crippen LogP contribution in [0.2, 0.25) is 5.02 Å². The van der Waals surface area contributed by atoms with Crippen molar-refractivity contribution in [3.05, 3.63) is 109 Å².